The molecule has 1 saturated carbocycles. The van der Waals surface area contributed by atoms with Crippen LogP contribution in [0.25, 0.3) is 0 Å². The molecule has 0 spiro atoms. The number of nitrogens with zero attached hydrogens (tertiary/aromatic N) is 1. The lowest BCUT2D eigenvalue weighted by Gasteiger charge is -2.15. The molecule has 0 bridgehead atoms. The van der Waals surface area contributed by atoms with Gasteiger partial charge in [-0.3, -0.25) is 4.79 Å². The van der Waals surface area contributed by atoms with E-state index < -0.39 is 0 Å². The summed E-state index contributed by atoms with van der Waals surface area (Å²) in [7, 11) is 0. The molecule has 1 amide bonds. The Kier molecular flexibility index (Phi) is 7.57. The van der Waals surface area contributed by atoms with Crippen LogP contribution >= 0.6 is 0 Å². The maximum absolute atomic E-state index is 11.6. The fourth-order valence-electron chi connectivity index (χ4n) is 2.38. The van der Waals surface area contributed by atoms with E-state index in [-0.39, 0.29) is 17.9 Å². The Morgan fingerprint density at radius 3 is 2.72 bits per heavy atom. The second-order valence-electron chi connectivity index (χ2n) is 6.46. The standard InChI is InChI=1S/C19H30N4O2/c1-4-20-19(22-11-10-21-18(24)16-8-9-16)23-13-15(3)25-17-7-5-6-14(2)12-17/h5-7,12,15-16H,4,8-11,13H2,1-3H3,(H,21,24)(H2,20,22,23). The Bertz CT molecular complexity index is 585. The molecular weight excluding hydrogens is 316 g/mol. The minimum absolute atomic E-state index is 0.0215. The quantitative estimate of drug-likeness (QED) is 0.362. The lowest BCUT2D eigenvalue weighted by Crippen LogP contribution is -2.42. The number of ether oxygens (including phenoxy) is 1. The van der Waals surface area contributed by atoms with Crippen molar-refractivity contribution in [2.45, 2.75) is 39.7 Å². The number of hydrogen-bond donors (Lipinski definition) is 3. The second kappa shape index (κ2) is 9.91. The Balaban J connectivity index is 1.72. The second-order valence-corrected chi connectivity index (χ2v) is 6.46. The first-order valence-corrected chi connectivity index (χ1v) is 9.11. The Morgan fingerprint density at radius 2 is 2.04 bits per heavy atom. The Morgan fingerprint density at radius 1 is 1.28 bits per heavy atom. The van der Waals surface area contributed by atoms with E-state index in [1.807, 2.05) is 45.0 Å². The minimum atomic E-state index is -0.0215. The van der Waals surface area contributed by atoms with E-state index in [0.717, 1.165) is 31.1 Å². The third-order valence-corrected chi connectivity index (χ3v) is 3.84. The van der Waals surface area contributed by atoms with Gasteiger partial charge in [0.05, 0.1) is 6.54 Å². The molecule has 6 heteroatoms. The number of benzene rings is 1. The van der Waals surface area contributed by atoms with Crippen LogP contribution in [0.1, 0.15) is 32.3 Å². The first-order chi connectivity index (χ1) is 12.1. The molecule has 1 unspecified atom stereocenters. The molecule has 1 aliphatic carbocycles. The van der Waals surface area contributed by atoms with E-state index in [1.54, 1.807) is 0 Å². The molecule has 0 radical (unpaired) electrons. The summed E-state index contributed by atoms with van der Waals surface area (Å²) >= 11 is 0. The molecule has 1 aromatic carbocycles. The third-order valence-electron chi connectivity index (χ3n) is 3.84. The lowest BCUT2D eigenvalue weighted by atomic mass is 10.2. The van der Waals surface area contributed by atoms with E-state index in [4.69, 9.17) is 4.74 Å². The van der Waals surface area contributed by atoms with Gasteiger partial charge in [0.25, 0.3) is 0 Å². The van der Waals surface area contributed by atoms with E-state index in [2.05, 4.69) is 20.9 Å². The average Bonchev–Trinajstić information content (AvgIpc) is 3.41. The van der Waals surface area contributed by atoms with Crippen LogP contribution in [0.3, 0.4) is 0 Å². The Hall–Kier alpha value is -2.24. The average molecular weight is 346 g/mol. The smallest absolute Gasteiger partial charge is 0.223 e. The van der Waals surface area contributed by atoms with Crippen molar-refractivity contribution >= 4 is 11.9 Å². The van der Waals surface area contributed by atoms with E-state index in [9.17, 15) is 4.79 Å². The maximum atomic E-state index is 11.6. The van der Waals surface area contributed by atoms with Gasteiger partial charge in [0, 0.05) is 25.6 Å². The van der Waals surface area contributed by atoms with Crippen LogP contribution in [-0.4, -0.2) is 44.1 Å². The monoisotopic (exact) mass is 346 g/mol. The van der Waals surface area contributed by atoms with Crippen molar-refractivity contribution in [2.75, 3.05) is 26.2 Å². The number of aryl methyl sites for hydroxylation is 1. The van der Waals surface area contributed by atoms with E-state index in [1.165, 1.54) is 5.56 Å². The zero-order valence-corrected chi connectivity index (χ0v) is 15.5. The van der Waals surface area contributed by atoms with Gasteiger partial charge in [-0.2, -0.15) is 0 Å². The molecule has 0 saturated heterocycles. The number of nitrogens with one attached hydrogen (secondary N) is 3. The third kappa shape index (κ3) is 7.45. The van der Waals surface area contributed by atoms with Crippen molar-refractivity contribution in [1.82, 2.24) is 16.0 Å². The molecule has 138 valence electrons. The molecular formula is C19H30N4O2. The first-order valence-electron chi connectivity index (χ1n) is 9.11. The van der Waals surface area contributed by atoms with E-state index in [0.29, 0.717) is 19.6 Å². The summed E-state index contributed by atoms with van der Waals surface area (Å²) in [6.07, 6.45) is 2.04. The number of carbonyl (C=O) groups is 1. The zero-order chi connectivity index (χ0) is 18.1. The number of carbonyl (C=O) groups excluding carboxylic acids is 1. The number of guanidine groups is 1. The molecule has 0 aliphatic heterocycles. The first kappa shape index (κ1) is 19.1. The highest BCUT2D eigenvalue weighted by molar-refractivity contribution is 5.81. The summed E-state index contributed by atoms with van der Waals surface area (Å²) < 4.78 is 5.89. The van der Waals surface area contributed by atoms with Crippen LogP contribution in [0.2, 0.25) is 0 Å². The van der Waals surface area contributed by atoms with Crippen molar-refractivity contribution < 1.29 is 9.53 Å². The van der Waals surface area contributed by atoms with Crippen LogP contribution in [-0.2, 0) is 4.79 Å². The van der Waals surface area contributed by atoms with Crippen molar-refractivity contribution in [3.63, 3.8) is 0 Å². The SMILES string of the molecule is CCNC(=NCC(C)Oc1cccc(C)c1)NCCNC(=O)C1CC1. The summed E-state index contributed by atoms with van der Waals surface area (Å²) in [5, 5.41) is 9.37. The van der Waals surface area contributed by atoms with Gasteiger partial charge in [-0.05, 0) is 51.3 Å². The predicted octanol–water partition coefficient (Wildman–Crippen LogP) is 1.84. The van der Waals surface area contributed by atoms with Crippen molar-refractivity contribution in [3.8, 4) is 5.75 Å². The summed E-state index contributed by atoms with van der Waals surface area (Å²) in [6.45, 7) is 8.67. The summed E-state index contributed by atoms with van der Waals surface area (Å²) in [4.78, 5) is 16.1. The molecule has 1 aliphatic rings. The van der Waals surface area contributed by atoms with Crippen LogP contribution in [0.15, 0.2) is 29.3 Å². The van der Waals surface area contributed by atoms with Crippen molar-refractivity contribution in [3.05, 3.63) is 29.8 Å². The Labute approximate surface area is 150 Å². The fourth-order valence-corrected chi connectivity index (χ4v) is 2.38. The molecule has 1 fully saturated rings. The van der Waals surface area contributed by atoms with Gasteiger partial charge in [-0.15, -0.1) is 0 Å². The molecule has 25 heavy (non-hydrogen) atoms. The van der Waals surface area contributed by atoms with Gasteiger partial charge < -0.3 is 20.7 Å². The predicted molar refractivity (Wildman–Crippen MR) is 101 cm³/mol. The highest BCUT2D eigenvalue weighted by Gasteiger charge is 2.28. The van der Waals surface area contributed by atoms with Gasteiger partial charge in [0.2, 0.25) is 5.91 Å². The molecule has 6 nitrogen and oxygen atoms in total. The van der Waals surface area contributed by atoms with Crippen LogP contribution in [0.5, 0.6) is 5.75 Å². The van der Waals surface area contributed by atoms with Gasteiger partial charge in [0.15, 0.2) is 5.96 Å². The number of rotatable bonds is 9. The van der Waals surface area contributed by atoms with Crippen molar-refractivity contribution in [2.24, 2.45) is 10.9 Å². The number of hydrogen-bond acceptors (Lipinski definition) is 3. The van der Waals surface area contributed by atoms with Crippen LogP contribution in [0, 0.1) is 12.8 Å². The summed E-state index contributed by atoms with van der Waals surface area (Å²) in [6, 6.07) is 8.01. The fraction of sp³-hybridized carbons (Fsp3) is 0.579. The highest BCUT2D eigenvalue weighted by atomic mass is 16.5. The maximum Gasteiger partial charge on any atom is 0.223 e. The molecule has 3 N–H and O–H groups in total. The van der Waals surface area contributed by atoms with Crippen molar-refractivity contribution in [1.29, 1.82) is 0 Å². The van der Waals surface area contributed by atoms with E-state index >= 15 is 0 Å². The molecule has 2 rings (SSSR count). The largest absolute Gasteiger partial charge is 0.489 e. The number of aliphatic imine (C=N–C) groups is 1. The normalized spacial score (nSPS) is 15.4. The van der Waals surface area contributed by atoms with Crippen LogP contribution in [0.4, 0.5) is 0 Å². The lowest BCUT2D eigenvalue weighted by molar-refractivity contribution is -0.122. The van der Waals surface area contributed by atoms with Gasteiger partial charge in [-0.25, -0.2) is 4.99 Å². The molecule has 1 atom stereocenters. The summed E-state index contributed by atoms with van der Waals surface area (Å²) in [5.41, 5.74) is 1.18. The molecule has 1 aromatic rings. The minimum Gasteiger partial charge on any atom is -0.489 e. The van der Waals surface area contributed by atoms with Crippen LogP contribution < -0.4 is 20.7 Å². The zero-order valence-electron chi connectivity index (χ0n) is 15.5. The molecule has 0 heterocycles. The van der Waals surface area contributed by atoms with Gasteiger partial charge in [0.1, 0.15) is 11.9 Å². The van der Waals surface area contributed by atoms with Gasteiger partial charge in [-0.1, -0.05) is 12.1 Å². The highest BCUT2D eigenvalue weighted by Crippen LogP contribution is 2.28. The molecule has 0 aromatic heterocycles. The van der Waals surface area contributed by atoms with Gasteiger partial charge >= 0.3 is 0 Å². The summed E-state index contributed by atoms with van der Waals surface area (Å²) in [5.74, 6) is 2.02. The topological polar surface area (TPSA) is 74.8 Å². The number of amides is 1.